The zero-order valence-corrected chi connectivity index (χ0v) is 17.4. The maximum absolute atomic E-state index is 12.4. The number of carbonyl (C=O) groups excluding carboxylic acids is 1. The number of esters is 1. The molecule has 5 nitrogen and oxygen atoms in total. The van der Waals surface area contributed by atoms with E-state index in [-0.39, 0.29) is 17.5 Å². The van der Waals surface area contributed by atoms with Crippen molar-refractivity contribution in [2.75, 3.05) is 37.6 Å². The first-order valence-electron chi connectivity index (χ1n) is 11.1. The Bertz CT molecular complexity index is 737. The van der Waals surface area contributed by atoms with Gasteiger partial charge in [-0.25, -0.2) is 0 Å². The molecule has 1 saturated carbocycles. The molecule has 4 aliphatic rings. The number of pyridine rings is 1. The monoisotopic (exact) mass is 383 g/mol. The molecular weight excluding hydrogens is 350 g/mol. The molecular formula is C23H33N3O2. The van der Waals surface area contributed by atoms with Crippen LogP contribution in [0.4, 0.5) is 5.69 Å². The Morgan fingerprint density at radius 3 is 2.43 bits per heavy atom. The average molecular weight is 384 g/mol. The fraction of sp³-hybridized carbons (Fsp3) is 0.739. The standard InChI is InChI=1S/C23H33N3O2/c1-17-10-19(11-18(2)24-17)26-15-22(16-26)13-25(14-22)9-6-20-12-23(21(27)28-20)7-4-3-5-8-23/h10-11,20H,3-9,12-16H2,1-2H3. The molecule has 152 valence electrons. The molecule has 1 aromatic heterocycles. The van der Waals surface area contributed by atoms with Crippen LogP contribution in [0.15, 0.2) is 12.1 Å². The Morgan fingerprint density at radius 2 is 1.75 bits per heavy atom. The molecule has 0 bridgehead atoms. The quantitative estimate of drug-likeness (QED) is 0.745. The first-order valence-corrected chi connectivity index (χ1v) is 11.1. The minimum Gasteiger partial charge on any atom is -0.462 e. The zero-order valence-electron chi connectivity index (χ0n) is 17.4. The maximum Gasteiger partial charge on any atom is 0.312 e. The highest BCUT2D eigenvalue weighted by Crippen LogP contribution is 2.47. The van der Waals surface area contributed by atoms with E-state index in [1.807, 2.05) is 0 Å². The first-order chi connectivity index (χ1) is 13.5. The summed E-state index contributed by atoms with van der Waals surface area (Å²) in [7, 11) is 0. The Hall–Kier alpha value is -1.62. The molecule has 1 atom stereocenters. The molecule has 5 rings (SSSR count). The lowest BCUT2D eigenvalue weighted by Crippen LogP contribution is -2.72. The van der Waals surface area contributed by atoms with Gasteiger partial charge in [0.1, 0.15) is 6.10 Å². The van der Waals surface area contributed by atoms with Gasteiger partial charge in [0.15, 0.2) is 0 Å². The molecule has 0 aromatic carbocycles. The van der Waals surface area contributed by atoms with E-state index in [9.17, 15) is 4.79 Å². The Balaban J connectivity index is 1.07. The predicted molar refractivity (Wildman–Crippen MR) is 109 cm³/mol. The van der Waals surface area contributed by atoms with Gasteiger partial charge in [-0.3, -0.25) is 9.78 Å². The van der Waals surface area contributed by atoms with Gasteiger partial charge >= 0.3 is 5.97 Å². The van der Waals surface area contributed by atoms with Crippen LogP contribution < -0.4 is 4.90 Å². The van der Waals surface area contributed by atoms with Crippen LogP contribution in [0.1, 0.15) is 56.3 Å². The number of cyclic esters (lactones) is 1. The Labute approximate surface area is 168 Å². The summed E-state index contributed by atoms with van der Waals surface area (Å²) in [5, 5.41) is 0. The smallest absolute Gasteiger partial charge is 0.312 e. The summed E-state index contributed by atoms with van der Waals surface area (Å²) in [5.41, 5.74) is 3.90. The van der Waals surface area contributed by atoms with Crippen molar-refractivity contribution in [3.63, 3.8) is 0 Å². The van der Waals surface area contributed by atoms with Crippen LogP contribution in [0, 0.1) is 24.7 Å². The fourth-order valence-electron chi connectivity index (χ4n) is 6.16. The lowest BCUT2D eigenvalue weighted by molar-refractivity contribution is -0.150. The van der Waals surface area contributed by atoms with Crippen molar-refractivity contribution in [3.8, 4) is 0 Å². The van der Waals surface area contributed by atoms with Crippen molar-refractivity contribution in [1.82, 2.24) is 9.88 Å². The molecule has 4 fully saturated rings. The second-order valence-electron chi connectivity index (χ2n) is 10.0. The molecule has 0 radical (unpaired) electrons. The lowest BCUT2D eigenvalue weighted by atomic mass is 9.71. The number of ether oxygens (including phenoxy) is 1. The third kappa shape index (κ3) is 3.22. The van der Waals surface area contributed by atoms with Gasteiger partial charge in [0, 0.05) is 61.6 Å². The van der Waals surface area contributed by atoms with Crippen molar-refractivity contribution < 1.29 is 9.53 Å². The summed E-state index contributed by atoms with van der Waals surface area (Å²) in [6.07, 6.45) is 7.92. The highest BCUT2D eigenvalue weighted by Gasteiger charge is 2.52. The number of aryl methyl sites for hydroxylation is 2. The van der Waals surface area contributed by atoms with Crippen LogP contribution >= 0.6 is 0 Å². The fourth-order valence-corrected chi connectivity index (χ4v) is 6.16. The normalized spacial score (nSPS) is 28.3. The summed E-state index contributed by atoms with van der Waals surface area (Å²) in [4.78, 5) is 22.0. The van der Waals surface area contributed by atoms with Crippen LogP contribution in [0.3, 0.4) is 0 Å². The minimum atomic E-state index is -0.117. The van der Waals surface area contributed by atoms with E-state index in [1.165, 1.54) is 38.0 Å². The minimum absolute atomic E-state index is 0.106. The lowest BCUT2D eigenvalue weighted by Gasteiger charge is -2.61. The molecule has 1 unspecified atom stereocenters. The number of likely N-dealkylation sites (tertiary alicyclic amines) is 1. The molecule has 28 heavy (non-hydrogen) atoms. The van der Waals surface area contributed by atoms with Gasteiger partial charge in [-0.1, -0.05) is 19.3 Å². The molecule has 1 aromatic rings. The summed E-state index contributed by atoms with van der Waals surface area (Å²) in [5.74, 6) is 0.106. The second-order valence-corrected chi connectivity index (χ2v) is 10.0. The van der Waals surface area contributed by atoms with Crippen LogP contribution in [0.25, 0.3) is 0 Å². The van der Waals surface area contributed by atoms with E-state index < -0.39 is 0 Å². The third-order valence-corrected chi connectivity index (χ3v) is 7.51. The molecule has 3 saturated heterocycles. The SMILES string of the molecule is Cc1cc(N2CC3(CN(CCC4CC5(CCCCC5)C(=O)O4)C3)C2)cc(C)n1. The van der Waals surface area contributed by atoms with E-state index >= 15 is 0 Å². The van der Waals surface area contributed by atoms with Gasteiger partial charge in [-0.15, -0.1) is 0 Å². The summed E-state index contributed by atoms with van der Waals surface area (Å²) in [6, 6.07) is 4.40. The molecule has 2 spiro atoms. The summed E-state index contributed by atoms with van der Waals surface area (Å²) >= 11 is 0. The van der Waals surface area contributed by atoms with Crippen molar-refractivity contribution in [1.29, 1.82) is 0 Å². The van der Waals surface area contributed by atoms with Gasteiger partial charge in [-0.2, -0.15) is 0 Å². The largest absolute Gasteiger partial charge is 0.462 e. The van der Waals surface area contributed by atoms with Crippen molar-refractivity contribution in [3.05, 3.63) is 23.5 Å². The summed E-state index contributed by atoms with van der Waals surface area (Å²) in [6.45, 7) is 9.93. The van der Waals surface area contributed by atoms with Crippen LogP contribution in [-0.4, -0.2) is 54.7 Å². The van der Waals surface area contributed by atoms with Gasteiger partial charge in [-0.05, 0) is 45.2 Å². The highest BCUT2D eigenvalue weighted by molar-refractivity contribution is 5.79. The highest BCUT2D eigenvalue weighted by atomic mass is 16.6. The Kier molecular flexibility index (Phi) is 4.42. The zero-order chi connectivity index (χ0) is 19.4. The van der Waals surface area contributed by atoms with Gasteiger partial charge in [0.2, 0.25) is 0 Å². The molecule has 4 heterocycles. The molecule has 5 heteroatoms. The van der Waals surface area contributed by atoms with Crippen molar-refractivity contribution >= 4 is 11.7 Å². The van der Waals surface area contributed by atoms with E-state index in [1.54, 1.807) is 0 Å². The summed E-state index contributed by atoms with van der Waals surface area (Å²) < 4.78 is 5.78. The first kappa shape index (κ1) is 18.4. The molecule has 1 aliphatic carbocycles. The number of aromatic nitrogens is 1. The van der Waals surface area contributed by atoms with Crippen molar-refractivity contribution in [2.45, 2.75) is 64.9 Å². The third-order valence-electron chi connectivity index (χ3n) is 7.51. The number of hydrogen-bond donors (Lipinski definition) is 0. The molecule has 0 amide bonds. The average Bonchev–Trinajstić information content (AvgIpc) is 2.87. The predicted octanol–water partition coefficient (Wildman–Crippen LogP) is 3.48. The number of carbonyl (C=O) groups is 1. The van der Waals surface area contributed by atoms with E-state index in [2.05, 4.69) is 40.8 Å². The number of hydrogen-bond acceptors (Lipinski definition) is 5. The topological polar surface area (TPSA) is 45.7 Å². The van der Waals surface area contributed by atoms with E-state index in [0.717, 1.165) is 56.7 Å². The van der Waals surface area contributed by atoms with E-state index in [4.69, 9.17) is 4.74 Å². The number of nitrogens with zero attached hydrogens (tertiary/aromatic N) is 3. The number of rotatable bonds is 4. The van der Waals surface area contributed by atoms with Gasteiger partial charge < -0.3 is 14.5 Å². The van der Waals surface area contributed by atoms with Gasteiger partial charge in [0.25, 0.3) is 0 Å². The molecule has 0 N–H and O–H groups in total. The maximum atomic E-state index is 12.4. The van der Waals surface area contributed by atoms with Crippen LogP contribution in [-0.2, 0) is 9.53 Å². The van der Waals surface area contributed by atoms with E-state index in [0.29, 0.717) is 5.41 Å². The van der Waals surface area contributed by atoms with Crippen LogP contribution in [0.5, 0.6) is 0 Å². The number of anilines is 1. The van der Waals surface area contributed by atoms with Crippen molar-refractivity contribution in [2.24, 2.45) is 10.8 Å². The van der Waals surface area contributed by atoms with Gasteiger partial charge in [0.05, 0.1) is 5.41 Å². The molecule has 3 aliphatic heterocycles. The second kappa shape index (κ2) is 6.72. The Morgan fingerprint density at radius 1 is 1.07 bits per heavy atom. The van der Waals surface area contributed by atoms with Crippen LogP contribution in [0.2, 0.25) is 0 Å².